The molecule has 0 saturated carbocycles. The van der Waals surface area contributed by atoms with Crippen molar-refractivity contribution in [2.45, 2.75) is 18.4 Å². The van der Waals surface area contributed by atoms with E-state index in [0.717, 1.165) is 37.6 Å². The van der Waals surface area contributed by atoms with E-state index < -0.39 is 10.0 Å². The van der Waals surface area contributed by atoms with E-state index in [4.69, 9.17) is 0 Å². The first-order valence-corrected chi connectivity index (χ1v) is 12.1. The highest BCUT2D eigenvalue weighted by Crippen LogP contribution is 2.22. The number of anilines is 2. The molecule has 0 spiro atoms. The van der Waals surface area contributed by atoms with Crippen LogP contribution < -0.4 is 9.62 Å². The largest absolute Gasteiger partial charge is 0.354 e. The molecule has 10 heteroatoms. The number of sulfonamides is 1. The number of para-hydroxylation sites is 1. The van der Waals surface area contributed by atoms with Gasteiger partial charge in [0.2, 0.25) is 0 Å². The van der Waals surface area contributed by atoms with Crippen LogP contribution in [0.4, 0.5) is 17.2 Å². The van der Waals surface area contributed by atoms with E-state index in [-0.39, 0.29) is 15.5 Å². The molecule has 0 atom stereocenters. The zero-order valence-corrected chi connectivity index (χ0v) is 19.0. The molecule has 0 bridgehead atoms. The Morgan fingerprint density at radius 2 is 1.70 bits per heavy atom. The molecule has 1 fully saturated rings. The highest BCUT2D eigenvalue weighted by molar-refractivity contribution is 7.92. The Morgan fingerprint density at radius 3 is 2.33 bits per heavy atom. The molecule has 9 nitrogen and oxygen atoms in total. The van der Waals surface area contributed by atoms with Gasteiger partial charge >= 0.3 is 0 Å². The van der Waals surface area contributed by atoms with Gasteiger partial charge in [-0.05, 0) is 31.2 Å². The van der Waals surface area contributed by atoms with Crippen molar-refractivity contribution in [1.29, 1.82) is 0 Å². The Kier molecular flexibility index (Phi) is 6.57. The molecule has 4 rings (SSSR count). The Balaban J connectivity index is 1.35. The molecule has 1 N–H and O–H groups in total. The summed E-state index contributed by atoms with van der Waals surface area (Å²) in [5, 5.41) is 11.2. The lowest BCUT2D eigenvalue weighted by Crippen LogP contribution is -2.46. The van der Waals surface area contributed by atoms with Gasteiger partial charge in [0, 0.05) is 44.4 Å². The average Bonchev–Trinajstić information content (AvgIpc) is 2.80. The lowest BCUT2D eigenvalue weighted by molar-refractivity contribution is -0.385. The van der Waals surface area contributed by atoms with E-state index >= 15 is 0 Å². The number of hydrogen-bond donors (Lipinski definition) is 1. The topological polar surface area (TPSA) is 109 Å². The van der Waals surface area contributed by atoms with Crippen molar-refractivity contribution in [2.75, 3.05) is 35.8 Å². The first-order valence-electron chi connectivity index (χ1n) is 10.6. The van der Waals surface area contributed by atoms with Crippen molar-refractivity contribution < 1.29 is 13.3 Å². The van der Waals surface area contributed by atoms with Crippen molar-refractivity contribution >= 4 is 27.2 Å². The molecular weight excluding hydrogens is 442 g/mol. The molecule has 33 heavy (non-hydrogen) atoms. The zero-order valence-electron chi connectivity index (χ0n) is 18.2. The van der Waals surface area contributed by atoms with Crippen LogP contribution in [0.1, 0.15) is 11.1 Å². The Bertz CT molecular complexity index is 1220. The first kappa shape index (κ1) is 22.7. The summed E-state index contributed by atoms with van der Waals surface area (Å²) < 4.78 is 27.7. The summed E-state index contributed by atoms with van der Waals surface area (Å²) in [6.45, 7) is 5.37. The number of aryl methyl sites for hydroxylation is 1. The second-order valence-electron chi connectivity index (χ2n) is 7.97. The summed E-state index contributed by atoms with van der Waals surface area (Å²) in [5.74, 6) is 0.763. The monoisotopic (exact) mass is 467 g/mol. The fourth-order valence-corrected chi connectivity index (χ4v) is 4.81. The third kappa shape index (κ3) is 5.47. The molecule has 0 unspecified atom stereocenters. The van der Waals surface area contributed by atoms with Gasteiger partial charge in [-0.15, -0.1) is 0 Å². The van der Waals surface area contributed by atoms with Gasteiger partial charge in [-0.2, -0.15) is 0 Å². The number of nitrogens with zero attached hydrogens (tertiary/aromatic N) is 4. The van der Waals surface area contributed by atoms with Crippen LogP contribution in [0.15, 0.2) is 71.8 Å². The summed E-state index contributed by atoms with van der Waals surface area (Å²) in [6, 6.07) is 17.0. The van der Waals surface area contributed by atoms with Crippen molar-refractivity contribution in [2.24, 2.45) is 0 Å². The van der Waals surface area contributed by atoms with Gasteiger partial charge < -0.3 is 4.90 Å². The molecule has 172 valence electrons. The van der Waals surface area contributed by atoms with E-state index in [1.54, 1.807) is 48.5 Å². The minimum atomic E-state index is -3.67. The molecule has 1 saturated heterocycles. The minimum Gasteiger partial charge on any atom is -0.354 e. The Morgan fingerprint density at radius 1 is 1.00 bits per heavy atom. The molecule has 1 aliphatic rings. The zero-order chi connectivity index (χ0) is 23.4. The second-order valence-corrected chi connectivity index (χ2v) is 9.66. The van der Waals surface area contributed by atoms with Crippen LogP contribution in [0.5, 0.6) is 0 Å². The summed E-state index contributed by atoms with van der Waals surface area (Å²) in [5.41, 5.74) is 2.24. The Hall–Kier alpha value is -3.50. The van der Waals surface area contributed by atoms with Gasteiger partial charge in [-0.3, -0.25) is 19.7 Å². The summed E-state index contributed by atoms with van der Waals surface area (Å²) in [4.78, 5) is 19.8. The SMILES string of the molecule is Cc1ccc(S(=O)(=O)Nc2ccc(N3CCN(Cc4ccccc4[N+](=O)[O-])CC3)nc2)cc1. The minimum absolute atomic E-state index is 0.144. The standard InChI is InChI=1S/C23H25N5O4S/c1-18-6-9-21(10-7-18)33(31,32)25-20-8-11-23(24-16-20)27-14-12-26(13-15-27)17-19-4-2-3-5-22(19)28(29)30/h2-11,16,25H,12-15,17H2,1H3. The number of benzene rings is 2. The van der Waals surface area contributed by atoms with E-state index in [0.29, 0.717) is 17.8 Å². The van der Waals surface area contributed by atoms with E-state index in [1.165, 1.54) is 12.3 Å². The van der Waals surface area contributed by atoms with E-state index in [2.05, 4.69) is 19.5 Å². The first-order chi connectivity index (χ1) is 15.8. The summed E-state index contributed by atoms with van der Waals surface area (Å²) >= 11 is 0. The van der Waals surface area contributed by atoms with Crippen LogP contribution in [-0.2, 0) is 16.6 Å². The fraction of sp³-hybridized carbons (Fsp3) is 0.261. The summed E-state index contributed by atoms with van der Waals surface area (Å²) in [7, 11) is -3.67. The van der Waals surface area contributed by atoms with Crippen molar-refractivity contribution in [3.63, 3.8) is 0 Å². The molecule has 0 radical (unpaired) electrons. The quantitative estimate of drug-likeness (QED) is 0.419. The number of nitrogens with one attached hydrogen (secondary N) is 1. The predicted molar refractivity (Wildman–Crippen MR) is 127 cm³/mol. The van der Waals surface area contributed by atoms with Crippen LogP contribution >= 0.6 is 0 Å². The molecule has 2 aromatic carbocycles. The van der Waals surface area contributed by atoms with Gasteiger partial charge in [-0.25, -0.2) is 13.4 Å². The second kappa shape index (κ2) is 9.55. The van der Waals surface area contributed by atoms with Crippen LogP contribution in [-0.4, -0.2) is 49.4 Å². The lowest BCUT2D eigenvalue weighted by Gasteiger charge is -2.35. The number of nitro groups is 1. The Labute approximate surface area is 192 Å². The lowest BCUT2D eigenvalue weighted by atomic mass is 10.1. The molecule has 3 aromatic rings. The van der Waals surface area contributed by atoms with Crippen LogP contribution in [0, 0.1) is 17.0 Å². The van der Waals surface area contributed by atoms with E-state index in [1.807, 2.05) is 13.0 Å². The molecular formula is C23H25N5O4S. The number of pyridine rings is 1. The van der Waals surface area contributed by atoms with Crippen LogP contribution in [0.25, 0.3) is 0 Å². The van der Waals surface area contributed by atoms with Crippen molar-refractivity contribution in [3.8, 4) is 0 Å². The highest BCUT2D eigenvalue weighted by Gasteiger charge is 2.21. The molecule has 0 amide bonds. The van der Waals surface area contributed by atoms with Crippen LogP contribution in [0.3, 0.4) is 0 Å². The van der Waals surface area contributed by atoms with Crippen molar-refractivity contribution in [1.82, 2.24) is 9.88 Å². The number of aromatic nitrogens is 1. The average molecular weight is 468 g/mol. The molecule has 2 heterocycles. The highest BCUT2D eigenvalue weighted by atomic mass is 32.2. The fourth-order valence-electron chi connectivity index (χ4n) is 3.76. The number of piperazine rings is 1. The van der Waals surface area contributed by atoms with Gasteiger partial charge in [-0.1, -0.05) is 35.9 Å². The van der Waals surface area contributed by atoms with Gasteiger partial charge in [0.25, 0.3) is 15.7 Å². The van der Waals surface area contributed by atoms with E-state index in [9.17, 15) is 18.5 Å². The van der Waals surface area contributed by atoms with Gasteiger partial charge in [0.05, 0.1) is 21.7 Å². The smallest absolute Gasteiger partial charge is 0.273 e. The van der Waals surface area contributed by atoms with Gasteiger partial charge in [0.1, 0.15) is 5.82 Å². The normalized spacial score (nSPS) is 14.8. The third-order valence-corrected chi connectivity index (χ3v) is 7.01. The number of nitro benzene ring substituents is 1. The molecule has 0 aliphatic carbocycles. The number of rotatable bonds is 7. The summed E-state index contributed by atoms with van der Waals surface area (Å²) in [6.07, 6.45) is 1.51. The molecule has 1 aliphatic heterocycles. The maximum Gasteiger partial charge on any atom is 0.273 e. The number of hydrogen-bond acceptors (Lipinski definition) is 7. The maximum atomic E-state index is 12.6. The van der Waals surface area contributed by atoms with Crippen LogP contribution in [0.2, 0.25) is 0 Å². The third-order valence-electron chi connectivity index (χ3n) is 5.61. The predicted octanol–water partition coefficient (Wildman–Crippen LogP) is 3.42. The van der Waals surface area contributed by atoms with Gasteiger partial charge in [0.15, 0.2) is 0 Å². The maximum absolute atomic E-state index is 12.6. The van der Waals surface area contributed by atoms with Crippen molar-refractivity contribution in [3.05, 3.63) is 88.1 Å². The molecule has 1 aromatic heterocycles.